The van der Waals surface area contributed by atoms with Crippen molar-refractivity contribution in [3.63, 3.8) is 0 Å². The fourth-order valence-electron chi connectivity index (χ4n) is 1.97. The van der Waals surface area contributed by atoms with Crippen molar-refractivity contribution in [1.82, 2.24) is 10.6 Å². The summed E-state index contributed by atoms with van der Waals surface area (Å²) in [5, 5.41) is 6.77. The monoisotopic (exact) mass is 296 g/mol. The van der Waals surface area contributed by atoms with E-state index in [1.54, 1.807) is 0 Å². The lowest BCUT2D eigenvalue weighted by Gasteiger charge is -2.07. The van der Waals surface area contributed by atoms with E-state index in [4.69, 9.17) is 11.6 Å². The first-order valence-corrected chi connectivity index (χ1v) is 7.82. The van der Waals surface area contributed by atoms with Gasteiger partial charge in [0.15, 0.2) is 0 Å². The smallest absolute Gasteiger partial charge is 0.233 e. The Hall–Kier alpha value is -1.06. The van der Waals surface area contributed by atoms with E-state index in [9.17, 15) is 4.79 Å². The average Bonchev–Trinajstić information content (AvgIpc) is 2.45. The molecule has 0 heterocycles. The molecule has 3 nitrogen and oxygen atoms in total. The SMILES string of the molecule is CCCCCCCNC(=O)CNCc1ccccc1Cl. The minimum absolute atomic E-state index is 0.0487. The molecule has 2 N–H and O–H groups in total. The first-order chi connectivity index (χ1) is 9.74. The molecule has 112 valence electrons. The number of hydrogen-bond donors (Lipinski definition) is 2. The molecule has 0 bridgehead atoms. The van der Waals surface area contributed by atoms with Crippen LogP contribution in [0.4, 0.5) is 0 Å². The molecule has 4 heteroatoms. The highest BCUT2D eigenvalue weighted by atomic mass is 35.5. The Morgan fingerprint density at radius 1 is 1.15 bits per heavy atom. The van der Waals surface area contributed by atoms with Crippen molar-refractivity contribution in [2.24, 2.45) is 0 Å². The Bertz CT molecular complexity index is 396. The summed E-state index contributed by atoms with van der Waals surface area (Å²) in [5.74, 6) is 0.0487. The van der Waals surface area contributed by atoms with Crippen molar-refractivity contribution in [3.8, 4) is 0 Å². The van der Waals surface area contributed by atoms with Gasteiger partial charge in [0.05, 0.1) is 6.54 Å². The summed E-state index contributed by atoms with van der Waals surface area (Å²) in [5.41, 5.74) is 1.02. The zero-order valence-corrected chi connectivity index (χ0v) is 13.0. The zero-order valence-electron chi connectivity index (χ0n) is 12.3. The Morgan fingerprint density at radius 3 is 2.65 bits per heavy atom. The maximum atomic E-state index is 11.6. The highest BCUT2D eigenvalue weighted by Crippen LogP contribution is 2.13. The molecule has 0 fully saturated rings. The first kappa shape index (κ1) is 17.0. The van der Waals surface area contributed by atoms with E-state index in [0.29, 0.717) is 13.1 Å². The summed E-state index contributed by atoms with van der Waals surface area (Å²) in [7, 11) is 0. The van der Waals surface area contributed by atoms with Crippen molar-refractivity contribution < 1.29 is 4.79 Å². The van der Waals surface area contributed by atoms with Crippen LogP contribution in [0.5, 0.6) is 0 Å². The maximum Gasteiger partial charge on any atom is 0.233 e. The van der Waals surface area contributed by atoms with Crippen molar-refractivity contribution in [3.05, 3.63) is 34.9 Å². The second-order valence-electron chi connectivity index (χ2n) is 4.96. The predicted octanol–water partition coefficient (Wildman–Crippen LogP) is 3.52. The quantitative estimate of drug-likeness (QED) is 0.649. The molecule has 0 saturated carbocycles. The van der Waals surface area contributed by atoms with Gasteiger partial charge in [-0.15, -0.1) is 0 Å². The molecule has 0 aliphatic rings. The molecule has 20 heavy (non-hydrogen) atoms. The number of halogens is 1. The molecule has 0 aromatic heterocycles. The fraction of sp³-hybridized carbons (Fsp3) is 0.562. The fourth-order valence-corrected chi connectivity index (χ4v) is 2.17. The topological polar surface area (TPSA) is 41.1 Å². The van der Waals surface area contributed by atoms with Gasteiger partial charge in [0, 0.05) is 18.1 Å². The average molecular weight is 297 g/mol. The van der Waals surface area contributed by atoms with Crippen LogP contribution < -0.4 is 10.6 Å². The van der Waals surface area contributed by atoms with E-state index >= 15 is 0 Å². The van der Waals surface area contributed by atoms with Crippen LogP contribution in [0.1, 0.15) is 44.6 Å². The molecule has 0 atom stereocenters. The van der Waals surface area contributed by atoms with Gasteiger partial charge >= 0.3 is 0 Å². The van der Waals surface area contributed by atoms with Crippen molar-refractivity contribution >= 4 is 17.5 Å². The van der Waals surface area contributed by atoms with E-state index in [1.807, 2.05) is 24.3 Å². The van der Waals surface area contributed by atoms with Gasteiger partial charge in [-0.05, 0) is 18.1 Å². The lowest BCUT2D eigenvalue weighted by molar-refractivity contribution is -0.120. The molecule has 0 spiro atoms. The minimum atomic E-state index is 0.0487. The third-order valence-corrected chi connectivity index (χ3v) is 3.53. The van der Waals surface area contributed by atoms with E-state index in [0.717, 1.165) is 23.6 Å². The van der Waals surface area contributed by atoms with Crippen LogP contribution in [0.3, 0.4) is 0 Å². The van der Waals surface area contributed by atoms with Crippen LogP contribution in [-0.2, 0) is 11.3 Å². The first-order valence-electron chi connectivity index (χ1n) is 7.45. The van der Waals surface area contributed by atoms with Gasteiger partial charge in [-0.2, -0.15) is 0 Å². The number of carbonyl (C=O) groups is 1. The summed E-state index contributed by atoms with van der Waals surface area (Å²) in [6.45, 7) is 3.92. The van der Waals surface area contributed by atoms with Gasteiger partial charge in [0.25, 0.3) is 0 Å². The standard InChI is InChI=1S/C16H25ClN2O/c1-2-3-4-5-8-11-19-16(20)13-18-12-14-9-6-7-10-15(14)17/h6-7,9-10,18H,2-5,8,11-13H2,1H3,(H,19,20). The summed E-state index contributed by atoms with van der Waals surface area (Å²) in [4.78, 5) is 11.6. The number of nitrogens with one attached hydrogen (secondary N) is 2. The Morgan fingerprint density at radius 2 is 1.90 bits per heavy atom. The van der Waals surface area contributed by atoms with E-state index in [2.05, 4.69) is 17.6 Å². The lowest BCUT2D eigenvalue weighted by Crippen LogP contribution is -2.34. The predicted molar refractivity (Wildman–Crippen MR) is 84.9 cm³/mol. The molecule has 0 unspecified atom stereocenters. The van der Waals surface area contributed by atoms with Crippen LogP contribution in [0, 0.1) is 0 Å². The third kappa shape index (κ3) is 7.51. The number of unbranched alkanes of at least 4 members (excludes halogenated alkanes) is 4. The molecular weight excluding hydrogens is 272 g/mol. The summed E-state index contributed by atoms with van der Waals surface area (Å²) in [6.07, 6.45) is 6.06. The molecule has 0 saturated heterocycles. The Labute approximate surface area is 127 Å². The summed E-state index contributed by atoms with van der Waals surface area (Å²) in [6, 6.07) is 7.66. The van der Waals surface area contributed by atoms with Crippen molar-refractivity contribution in [1.29, 1.82) is 0 Å². The van der Waals surface area contributed by atoms with Gasteiger partial charge < -0.3 is 10.6 Å². The zero-order chi connectivity index (χ0) is 14.6. The van der Waals surface area contributed by atoms with Crippen LogP contribution in [-0.4, -0.2) is 19.0 Å². The minimum Gasteiger partial charge on any atom is -0.355 e. The van der Waals surface area contributed by atoms with E-state index in [-0.39, 0.29) is 5.91 Å². The van der Waals surface area contributed by atoms with E-state index < -0.39 is 0 Å². The molecule has 0 aliphatic heterocycles. The number of amides is 1. The molecule has 1 aromatic rings. The molecule has 0 aliphatic carbocycles. The number of carbonyl (C=O) groups excluding carboxylic acids is 1. The molecule has 1 amide bonds. The van der Waals surface area contributed by atoms with Gasteiger partial charge in [-0.1, -0.05) is 62.4 Å². The molecule has 0 radical (unpaired) electrons. The van der Waals surface area contributed by atoms with Crippen LogP contribution in [0.25, 0.3) is 0 Å². The van der Waals surface area contributed by atoms with Crippen molar-refractivity contribution in [2.75, 3.05) is 13.1 Å². The third-order valence-electron chi connectivity index (χ3n) is 3.16. The summed E-state index contributed by atoms with van der Waals surface area (Å²) >= 11 is 6.04. The molecule has 1 rings (SSSR count). The van der Waals surface area contributed by atoms with Gasteiger partial charge in [0.2, 0.25) is 5.91 Å². The van der Waals surface area contributed by atoms with E-state index in [1.165, 1.54) is 25.7 Å². The second-order valence-corrected chi connectivity index (χ2v) is 5.37. The molecule has 1 aromatic carbocycles. The number of benzene rings is 1. The number of hydrogen-bond acceptors (Lipinski definition) is 2. The largest absolute Gasteiger partial charge is 0.355 e. The lowest BCUT2D eigenvalue weighted by atomic mass is 10.1. The number of rotatable bonds is 10. The van der Waals surface area contributed by atoms with Gasteiger partial charge in [-0.25, -0.2) is 0 Å². The van der Waals surface area contributed by atoms with Crippen molar-refractivity contribution in [2.45, 2.75) is 45.6 Å². The maximum absolute atomic E-state index is 11.6. The second kappa shape index (κ2) is 10.7. The van der Waals surface area contributed by atoms with Crippen LogP contribution in [0.15, 0.2) is 24.3 Å². The summed E-state index contributed by atoms with van der Waals surface area (Å²) < 4.78 is 0. The van der Waals surface area contributed by atoms with Crippen LogP contribution in [0.2, 0.25) is 5.02 Å². The Balaban J connectivity index is 2.04. The highest BCUT2D eigenvalue weighted by Gasteiger charge is 2.02. The van der Waals surface area contributed by atoms with Crippen LogP contribution >= 0.6 is 11.6 Å². The normalized spacial score (nSPS) is 10.5. The Kier molecular flexibility index (Phi) is 9.09. The highest BCUT2D eigenvalue weighted by molar-refractivity contribution is 6.31. The van der Waals surface area contributed by atoms with Gasteiger partial charge in [0.1, 0.15) is 0 Å². The van der Waals surface area contributed by atoms with Gasteiger partial charge in [-0.3, -0.25) is 4.79 Å². The molecular formula is C16H25ClN2O.